The molecule has 2 unspecified atom stereocenters. The Labute approximate surface area is 154 Å². The lowest BCUT2D eigenvalue weighted by atomic mass is 9.92. The quantitative estimate of drug-likeness (QED) is 0.766. The van der Waals surface area contributed by atoms with E-state index in [9.17, 15) is 14.4 Å². The molecule has 1 aromatic carbocycles. The molecule has 0 aromatic heterocycles. The number of ether oxygens (including phenoxy) is 1. The fourth-order valence-corrected chi connectivity index (χ4v) is 3.52. The van der Waals surface area contributed by atoms with E-state index in [0.29, 0.717) is 25.3 Å². The lowest BCUT2D eigenvalue weighted by Gasteiger charge is -2.32. The molecular formula is C17H20BrN3O4. The van der Waals surface area contributed by atoms with Gasteiger partial charge in [-0.05, 0) is 31.5 Å². The summed E-state index contributed by atoms with van der Waals surface area (Å²) in [5.41, 5.74) is -0.519. The number of morpholine rings is 1. The third kappa shape index (κ3) is 3.41. The summed E-state index contributed by atoms with van der Waals surface area (Å²) in [6.07, 6.45) is -0.0484. The molecule has 2 aliphatic heterocycles. The van der Waals surface area contributed by atoms with Gasteiger partial charge >= 0.3 is 6.03 Å². The minimum Gasteiger partial charge on any atom is -0.375 e. The van der Waals surface area contributed by atoms with Crippen LogP contribution in [0.15, 0.2) is 28.7 Å². The van der Waals surface area contributed by atoms with Crippen LogP contribution in [0.4, 0.5) is 4.79 Å². The van der Waals surface area contributed by atoms with Crippen LogP contribution in [0.2, 0.25) is 0 Å². The molecule has 7 nitrogen and oxygen atoms in total. The Balaban J connectivity index is 1.76. The van der Waals surface area contributed by atoms with Crippen LogP contribution in [-0.2, 0) is 19.9 Å². The summed E-state index contributed by atoms with van der Waals surface area (Å²) in [4.78, 5) is 40.3. The second-order valence-electron chi connectivity index (χ2n) is 6.48. The van der Waals surface area contributed by atoms with E-state index in [4.69, 9.17) is 4.74 Å². The molecule has 8 heteroatoms. The first-order valence-electron chi connectivity index (χ1n) is 8.11. The summed E-state index contributed by atoms with van der Waals surface area (Å²) in [6.45, 7) is 4.67. The van der Waals surface area contributed by atoms with Gasteiger partial charge in [0.05, 0.1) is 12.7 Å². The maximum absolute atomic E-state index is 12.9. The third-order valence-corrected chi connectivity index (χ3v) is 5.06. The number of nitrogens with zero attached hydrogens (tertiary/aromatic N) is 2. The van der Waals surface area contributed by atoms with Crippen molar-refractivity contribution in [2.24, 2.45) is 0 Å². The summed E-state index contributed by atoms with van der Waals surface area (Å²) in [6, 6.07) is 6.65. The van der Waals surface area contributed by atoms with Gasteiger partial charge in [0, 0.05) is 17.6 Å². The van der Waals surface area contributed by atoms with Crippen molar-refractivity contribution < 1.29 is 19.1 Å². The Morgan fingerprint density at radius 2 is 2.20 bits per heavy atom. The SMILES string of the molecule is CC1CN(C(=O)CN2C(=O)NC(C)(c3cccc(Br)c3)C2=O)CCO1. The van der Waals surface area contributed by atoms with E-state index in [0.717, 1.165) is 9.37 Å². The number of amides is 4. The van der Waals surface area contributed by atoms with Crippen LogP contribution >= 0.6 is 15.9 Å². The van der Waals surface area contributed by atoms with E-state index in [1.807, 2.05) is 13.0 Å². The van der Waals surface area contributed by atoms with Crippen LogP contribution in [0.25, 0.3) is 0 Å². The molecule has 25 heavy (non-hydrogen) atoms. The first kappa shape index (κ1) is 17.9. The van der Waals surface area contributed by atoms with Crippen molar-refractivity contribution in [2.45, 2.75) is 25.5 Å². The average molecular weight is 410 g/mol. The second-order valence-corrected chi connectivity index (χ2v) is 7.39. The number of urea groups is 1. The van der Waals surface area contributed by atoms with E-state index in [1.165, 1.54) is 0 Å². The molecule has 1 N–H and O–H groups in total. The molecule has 134 valence electrons. The molecule has 2 saturated heterocycles. The average Bonchev–Trinajstić information content (AvgIpc) is 2.79. The van der Waals surface area contributed by atoms with Gasteiger partial charge in [-0.2, -0.15) is 0 Å². The molecule has 2 atom stereocenters. The Morgan fingerprint density at radius 3 is 2.88 bits per heavy atom. The Kier molecular flexibility index (Phi) is 4.83. The fraction of sp³-hybridized carbons (Fsp3) is 0.471. The second kappa shape index (κ2) is 6.76. The van der Waals surface area contributed by atoms with Crippen molar-refractivity contribution in [3.05, 3.63) is 34.3 Å². The molecule has 4 amide bonds. The van der Waals surface area contributed by atoms with Gasteiger partial charge in [0.15, 0.2) is 0 Å². The van der Waals surface area contributed by atoms with Crippen molar-refractivity contribution in [3.8, 4) is 0 Å². The van der Waals surface area contributed by atoms with Gasteiger partial charge in [-0.15, -0.1) is 0 Å². The van der Waals surface area contributed by atoms with Gasteiger partial charge in [-0.1, -0.05) is 28.1 Å². The van der Waals surface area contributed by atoms with Gasteiger partial charge in [-0.3, -0.25) is 14.5 Å². The van der Waals surface area contributed by atoms with Crippen molar-refractivity contribution in [2.75, 3.05) is 26.2 Å². The molecule has 3 rings (SSSR count). The van der Waals surface area contributed by atoms with Crippen LogP contribution in [0.1, 0.15) is 19.4 Å². The van der Waals surface area contributed by atoms with Crippen LogP contribution in [0.3, 0.4) is 0 Å². The maximum atomic E-state index is 12.9. The standard InChI is InChI=1S/C17H20BrN3O4/c1-11-9-20(6-7-25-11)14(22)10-21-15(23)17(2,19-16(21)24)12-4-3-5-13(18)8-12/h3-5,8,11H,6-7,9-10H2,1-2H3,(H,19,24). The van der Waals surface area contributed by atoms with Gasteiger partial charge in [0.2, 0.25) is 5.91 Å². The van der Waals surface area contributed by atoms with Crippen LogP contribution in [0.5, 0.6) is 0 Å². The number of imide groups is 1. The van der Waals surface area contributed by atoms with E-state index in [-0.39, 0.29) is 18.6 Å². The summed E-state index contributed by atoms with van der Waals surface area (Å²) in [7, 11) is 0. The smallest absolute Gasteiger partial charge is 0.325 e. The van der Waals surface area contributed by atoms with Crippen molar-refractivity contribution >= 4 is 33.8 Å². The van der Waals surface area contributed by atoms with Crippen molar-refractivity contribution in [3.63, 3.8) is 0 Å². The third-order valence-electron chi connectivity index (χ3n) is 4.56. The topological polar surface area (TPSA) is 79.0 Å². The number of nitrogens with one attached hydrogen (secondary N) is 1. The Morgan fingerprint density at radius 1 is 1.44 bits per heavy atom. The molecule has 1 aromatic rings. The van der Waals surface area contributed by atoms with Crippen LogP contribution in [-0.4, -0.2) is 60.0 Å². The van der Waals surface area contributed by atoms with E-state index >= 15 is 0 Å². The molecule has 2 fully saturated rings. The first-order chi connectivity index (χ1) is 11.8. The number of rotatable bonds is 3. The summed E-state index contributed by atoms with van der Waals surface area (Å²) < 4.78 is 6.22. The Bertz CT molecular complexity index is 726. The molecule has 2 aliphatic rings. The molecular weight excluding hydrogens is 390 g/mol. The normalized spacial score (nSPS) is 26.8. The molecule has 0 radical (unpaired) electrons. The highest BCUT2D eigenvalue weighted by Crippen LogP contribution is 2.30. The lowest BCUT2D eigenvalue weighted by molar-refractivity contribution is -0.143. The number of carbonyl (C=O) groups is 3. The van der Waals surface area contributed by atoms with Gasteiger partial charge in [-0.25, -0.2) is 4.79 Å². The summed E-state index contributed by atoms with van der Waals surface area (Å²) in [5.74, 6) is -0.678. The fourth-order valence-electron chi connectivity index (χ4n) is 3.12. The van der Waals surface area contributed by atoms with Crippen LogP contribution in [0, 0.1) is 0 Å². The van der Waals surface area contributed by atoms with E-state index in [1.54, 1.807) is 30.0 Å². The number of hydrogen-bond acceptors (Lipinski definition) is 4. The Hall–Kier alpha value is -1.93. The maximum Gasteiger partial charge on any atom is 0.325 e. The predicted octanol–water partition coefficient (Wildman–Crippen LogP) is 1.46. The largest absolute Gasteiger partial charge is 0.375 e. The lowest BCUT2D eigenvalue weighted by Crippen LogP contribution is -2.49. The molecule has 0 bridgehead atoms. The highest BCUT2D eigenvalue weighted by atomic mass is 79.9. The summed E-state index contributed by atoms with van der Waals surface area (Å²) >= 11 is 3.37. The molecule has 2 heterocycles. The van der Waals surface area contributed by atoms with Gasteiger partial charge in [0.1, 0.15) is 12.1 Å². The summed E-state index contributed by atoms with van der Waals surface area (Å²) in [5, 5.41) is 2.71. The number of benzene rings is 1. The minimum atomic E-state index is -1.18. The van der Waals surface area contributed by atoms with E-state index < -0.39 is 17.5 Å². The zero-order valence-electron chi connectivity index (χ0n) is 14.1. The highest BCUT2D eigenvalue weighted by Gasteiger charge is 2.49. The number of hydrogen-bond donors (Lipinski definition) is 1. The number of halogens is 1. The van der Waals surface area contributed by atoms with Gasteiger partial charge in [0.25, 0.3) is 5.91 Å². The van der Waals surface area contributed by atoms with Gasteiger partial charge < -0.3 is 15.0 Å². The predicted molar refractivity (Wildman–Crippen MR) is 93.7 cm³/mol. The van der Waals surface area contributed by atoms with Crippen molar-refractivity contribution in [1.82, 2.24) is 15.1 Å². The van der Waals surface area contributed by atoms with Crippen LogP contribution < -0.4 is 5.32 Å². The van der Waals surface area contributed by atoms with E-state index in [2.05, 4.69) is 21.2 Å². The minimum absolute atomic E-state index is 0.0484. The van der Waals surface area contributed by atoms with Crippen molar-refractivity contribution in [1.29, 1.82) is 0 Å². The number of carbonyl (C=O) groups excluding carboxylic acids is 3. The highest BCUT2D eigenvalue weighted by molar-refractivity contribution is 9.10. The first-order valence-corrected chi connectivity index (χ1v) is 8.90. The monoisotopic (exact) mass is 409 g/mol. The molecule has 0 saturated carbocycles. The molecule has 0 spiro atoms. The zero-order valence-corrected chi connectivity index (χ0v) is 15.7. The zero-order chi connectivity index (χ0) is 18.2. The molecule has 0 aliphatic carbocycles.